The van der Waals surface area contributed by atoms with Gasteiger partial charge in [-0.1, -0.05) is 6.42 Å². The third-order valence-corrected chi connectivity index (χ3v) is 2.65. The van der Waals surface area contributed by atoms with E-state index in [0.717, 1.165) is 12.1 Å². The molecule has 0 spiro atoms. The number of carbonyl (C=O) groups excluding carboxylic acids is 1. The average Bonchev–Trinajstić information content (AvgIpc) is 2.30. The van der Waals surface area contributed by atoms with Crippen LogP contribution in [0.5, 0.6) is 0 Å². The van der Waals surface area contributed by atoms with Gasteiger partial charge in [-0.15, -0.1) is 0 Å². The van der Waals surface area contributed by atoms with Gasteiger partial charge >= 0.3 is 0 Å². The topological polar surface area (TPSA) is 34.9 Å². The minimum Gasteiger partial charge on any atom is -0.329 e. The van der Waals surface area contributed by atoms with E-state index in [9.17, 15) is 4.79 Å². The summed E-state index contributed by atoms with van der Waals surface area (Å²) < 4.78 is 1.90. The highest BCUT2D eigenvalue weighted by molar-refractivity contribution is 5.71. The molecule has 1 aromatic heterocycles. The first-order valence-corrected chi connectivity index (χ1v) is 4.29. The van der Waals surface area contributed by atoms with Gasteiger partial charge in [-0.25, -0.2) is 4.98 Å². The van der Waals surface area contributed by atoms with Gasteiger partial charge in [-0.05, 0) is 12.8 Å². The molecule has 0 saturated heterocycles. The van der Waals surface area contributed by atoms with Crippen LogP contribution in [0.25, 0.3) is 0 Å². The SMILES string of the molecule is Cn1c(C=O)cnc1C1CCC1. The van der Waals surface area contributed by atoms with E-state index in [0.29, 0.717) is 11.6 Å². The van der Waals surface area contributed by atoms with Gasteiger partial charge in [0.2, 0.25) is 0 Å². The Kier molecular flexibility index (Phi) is 1.71. The molecule has 12 heavy (non-hydrogen) atoms. The highest BCUT2D eigenvalue weighted by atomic mass is 16.1. The van der Waals surface area contributed by atoms with Gasteiger partial charge in [0.05, 0.1) is 6.20 Å². The summed E-state index contributed by atoms with van der Waals surface area (Å²) in [6, 6.07) is 0. The van der Waals surface area contributed by atoms with E-state index in [1.54, 1.807) is 6.20 Å². The molecule has 0 radical (unpaired) electrons. The fourth-order valence-corrected chi connectivity index (χ4v) is 1.59. The predicted molar refractivity (Wildman–Crippen MR) is 45.2 cm³/mol. The maximum atomic E-state index is 10.5. The zero-order valence-electron chi connectivity index (χ0n) is 7.16. The Hall–Kier alpha value is -1.12. The summed E-state index contributed by atoms with van der Waals surface area (Å²) in [4.78, 5) is 14.7. The second-order valence-electron chi connectivity index (χ2n) is 3.35. The lowest BCUT2D eigenvalue weighted by molar-refractivity contribution is 0.111. The van der Waals surface area contributed by atoms with Crippen LogP contribution in [0.1, 0.15) is 41.5 Å². The van der Waals surface area contributed by atoms with Crippen molar-refractivity contribution >= 4 is 6.29 Å². The quantitative estimate of drug-likeness (QED) is 0.621. The van der Waals surface area contributed by atoms with Crippen molar-refractivity contribution in [3.63, 3.8) is 0 Å². The summed E-state index contributed by atoms with van der Waals surface area (Å²) in [5.41, 5.74) is 0.678. The van der Waals surface area contributed by atoms with E-state index in [1.807, 2.05) is 11.6 Å². The molecule has 1 fully saturated rings. The van der Waals surface area contributed by atoms with Crippen molar-refractivity contribution < 1.29 is 4.79 Å². The molecular weight excluding hydrogens is 152 g/mol. The molecule has 3 nitrogen and oxygen atoms in total. The molecule has 0 aliphatic heterocycles. The average molecular weight is 164 g/mol. The van der Waals surface area contributed by atoms with Crippen molar-refractivity contribution in [2.45, 2.75) is 25.2 Å². The monoisotopic (exact) mass is 164 g/mol. The largest absolute Gasteiger partial charge is 0.329 e. The van der Waals surface area contributed by atoms with Crippen molar-refractivity contribution in [1.82, 2.24) is 9.55 Å². The van der Waals surface area contributed by atoms with Gasteiger partial charge in [-0.2, -0.15) is 0 Å². The van der Waals surface area contributed by atoms with Gasteiger partial charge in [0.1, 0.15) is 11.5 Å². The Morgan fingerprint density at radius 1 is 1.67 bits per heavy atom. The van der Waals surface area contributed by atoms with E-state index >= 15 is 0 Å². The second kappa shape index (κ2) is 2.73. The summed E-state index contributed by atoms with van der Waals surface area (Å²) in [6.45, 7) is 0. The van der Waals surface area contributed by atoms with Crippen LogP contribution in [0.15, 0.2) is 6.20 Å². The molecule has 64 valence electrons. The van der Waals surface area contributed by atoms with E-state index in [-0.39, 0.29) is 0 Å². The molecule has 0 amide bonds. The molecule has 1 aliphatic rings. The normalized spacial score (nSPS) is 17.4. The number of hydrogen-bond donors (Lipinski definition) is 0. The van der Waals surface area contributed by atoms with Crippen LogP contribution in [-0.4, -0.2) is 15.8 Å². The van der Waals surface area contributed by atoms with Crippen molar-refractivity contribution in [3.8, 4) is 0 Å². The molecule has 0 bridgehead atoms. The number of imidazole rings is 1. The van der Waals surface area contributed by atoms with Crippen LogP contribution < -0.4 is 0 Å². The van der Waals surface area contributed by atoms with Crippen molar-refractivity contribution in [1.29, 1.82) is 0 Å². The maximum Gasteiger partial charge on any atom is 0.168 e. The van der Waals surface area contributed by atoms with Crippen LogP contribution in [0.4, 0.5) is 0 Å². The van der Waals surface area contributed by atoms with Gasteiger partial charge < -0.3 is 4.57 Å². The first-order valence-electron chi connectivity index (χ1n) is 4.29. The standard InChI is InChI=1S/C9H12N2O/c1-11-8(6-12)5-10-9(11)7-3-2-4-7/h5-7H,2-4H2,1H3. The molecule has 1 aromatic rings. The molecule has 1 aliphatic carbocycles. The summed E-state index contributed by atoms with van der Waals surface area (Å²) >= 11 is 0. The first kappa shape index (κ1) is 7.53. The summed E-state index contributed by atoms with van der Waals surface area (Å²) in [6.07, 6.45) is 6.26. The van der Waals surface area contributed by atoms with Gasteiger partial charge in [0.15, 0.2) is 6.29 Å². The Balaban J connectivity index is 2.31. The molecule has 2 rings (SSSR count). The fourth-order valence-electron chi connectivity index (χ4n) is 1.59. The summed E-state index contributed by atoms with van der Waals surface area (Å²) in [5, 5.41) is 0. The zero-order valence-corrected chi connectivity index (χ0v) is 7.16. The number of carbonyl (C=O) groups is 1. The smallest absolute Gasteiger partial charge is 0.168 e. The highest BCUT2D eigenvalue weighted by Crippen LogP contribution is 2.35. The van der Waals surface area contributed by atoms with Crippen molar-refractivity contribution in [2.24, 2.45) is 7.05 Å². The minimum absolute atomic E-state index is 0.601. The minimum atomic E-state index is 0.601. The molecule has 1 heterocycles. The lowest BCUT2D eigenvalue weighted by Crippen LogP contribution is -2.14. The zero-order chi connectivity index (χ0) is 8.55. The molecule has 0 unspecified atom stereocenters. The number of nitrogens with zero attached hydrogens (tertiary/aromatic N) is 2. The molecule has 1 saturated carbocycles. The Morgan fingerprint density at radius 3 is 2.83 bits per heavy atom. The van der Waals surface area contributed by atoms with Crippen LogP contribution in [-0.2, 0) is 7.05 Å². The second-order valence-corrected chi connectivity index (χ2v) is 3.35. The van der Waals surface area contributed by atoms with Gasteiger partial charge in [0, 0.05) is 13.0 Å². The first-order chi connectivity index (χ1) is 5.83. The summed E-state index contributed by atoms with van der Waals surface area (Å²) in [5.74, 6) is 1.67. The van der Waals surface area contributed by atoms with Crippen LogP contribution in [0.2, 0.25) is 0 Å². The molecule has 0 atom stereocenters. The third-order valence-electron chi connectivity index (χ3n) is 2.65. The molecule has 3 heteroatoms. The van der Waals surface area contributed by atoms with Crippen LogP contribution in [0, 0.1) is 0 Å². The van der Waals surface area contributed by atoms with Crippen LogP contribution in [0.3, 0.4) is 0 Å². The van der Waals surface area contributed by atoms with Gasteiger partial charge in [0.25, 0.3) is 0 Å². The lowest BCUT2D eigenvalue weighted by atomic mass is 9.85. The maximum absolute atomic E-state index is 10.5. The molecule has 0 N–H and O–H groups in total. The van der Waals surface area contributed by atoms with Gasteiger partial charge in [-0.3, -0.25) is 4.79 Å². The molecular formula is C9H12N2O. The number of aldehydes is 1. The van der Waals surface area contributed by atoms with Crippen molar-refractivity contribution in [3.05, 3.63) is 17.7 Å². The van der Waals surface area contributed by atoms with E-state index in [1.165, 1.54) is 19.3 Å². The predicted octanol–water partition coefficient (Wildman–Crippen LogP) is 1.50. The van der Waals surface area contributed by atoms with E-state index in [4.69, 9.17) is 0 Å². The summed E-state index contributed by atoms with van der Waals surface area (Å²) in [7, 11) is 1.91. The Morgan fingerprint density at radius 2 is 2.42 bits per heavy atom. The number of hydrogen-bond acceptors (Lipinski definition) is 2. The van der Waals surface area contributed by atoms with E-state index < -0.39 is 0 Å². The number of rotatable bonds is 2. The van der Waals surface area contributed by atoms with Crippen molar-refractivity contribution in [2.75, 3.05) is 0 Å². The Labute approximate surface area is 71.4 Å². The van der Waals surface area contributed by atoms with Crippen LogP contribution >= 0.6 is 0 Å². The fraction of sp³-hybridized carbons (Fsp3) is 0.556. The Bertz CT molecular complexity index is 299. The third kappa shape index (κ3) is 0.967. The van der Waals surface area contributed by atoms with E-state index in [2.05, 4.69) is 4.98 Å². The molecule has 0 aromatic carbocycles. The number of aromatic nitrogens is 2. The highest BCUT2D eigenvalue weighted by Gasteiger charge is 2.23. The lowest BCUT2D eigenvalue weighted by Gasteiger charge is -2.24.